The number of amides is 1. The Morgan fingerprint density at radius 3 is 2.88 bits per heavy atom. The summed E-state index contributed by atoms with van der Waals surface area (Å²) in [5.74, 6) is 1.23. The van der Waals surface area contributed by atoms with Crippen LogP contribution in [0.2, 0.25) is 0 Å². The van der Waals surface area contributed by atoms with Crippen molar-refractivity contribution in [1.82, 2.24) is 25.3 Å². The molecule has 24 heavy (non-hydrogen) atoms. The molecule has 0 spiro atoms. The molecule has 4 rings (SSSR count). The van der Waals surface area contributed by atoms with Crippen molar-refractivity contribution in [3.05, 3.63) is 36.7 Å². The summed E-state index contributed by atoms with van der Waals surface area (Å²) in [6.45, 7) is 0.590. The number of hydrogen-bond acceptors (Lipinski definition) is 6. The Labute approximate surface area is 138 Å². The van der Waals surface area contributed by atoms with Crippen LogP contribution in [0.15, 0.2) is 36.7 Å². The number of hydrogen-bond donors (Lipinski definition) is 4. The Balaban J connectivity index is 1.56. The Kier molecular flexibility index (Phi) is 3.70. The maximum Gasteiger partial charge on any atom is 0.226 e. The fourth-order valence-electron chi connectivity index (χ4n) is 2.71. The second-order valence-corrected chi connectivity index (χ2v) is 5.67. The number of nitrogens with one attached hydrogen (secondary N) is 4. The summed E-state index contributed by atoms with van der Waals surface area (Å²) in [5, 5.41) is 9.38. The molecule has 0 unspecified atom stereocenters. The van der Waals surface area contributed by atoms with E-state index in [0.717, 1.165) is 17.6 Å². The maximum atomic E-state index is 11.3. The lowest BCUT2D eigenvalue weighted by molar-refractivity contribution is -0.119. The van der Waals surface area contributed by atoms with Gasteiger partial charge in [0.15, 0.2) is 11.5 Å². The van der Waals surface area contributed by atoms with Gasteiger partial charge in [0.2, 0.25) is 11.9 Å². The minimum absolute atomic E-state index is 0.0944. The zero-order valence-corrected chi connectivity index (χ0v) is 12.9. The molecule has 122 valence electrons. The lowest BCUT2D eigenvalue weighted by Gasteiger charge is -2.12. The minimum atomic E-state index is 0.0944. The largest absolute Gasteiger partial charge is 0.352 e. The molecule has 3 heterocycles. The molecule has 0 aliphatic carbocycles. The molecular formula is C16H17N7O. The number of benzene rings is 1. The van der Waals surface area contributed by atoms with Crippen molar-refractivity contribution in [2.45, 2.75) is 18.9 Å². The number of carbonyl (C=O) groups excluding carboxylic acids is 1. The van der Waals surface area contributed by atoms with Gasteiger partial charge in [-0.2, -0.15) is 9.97 Å². The zero-order chi connectivity index (χ0) is 16.4. The third-order valence-corrected chi connectivity index (χ3v) is 3.91. The predicted molar refractivity (Wildman–Crippen MR) is 91.1 cm³/mol. The van der Waals surface area contributed by atoms with Gasteiger partial charge in [-0.3, -0.25) is 4.79 Å². The second kappa shape index (κ2) is 6.15. The van der Waals surface area contributed by atoms with E-state index < -0.39 is 0 Å². The molecule has 1 fully saturated rings. The molecule has 2 aromatic heterocycles. The summed E-state index contributed by atoms with van der Waals surface area (Å²) >= 11 is 0. The molecule has 0 bridgehead atoms. The minimum Gasteiger partial charge on any atom is -0.352 e. The number of fused-ring (bicyclic) bond motifs is 1. The standard InChI is InChI=1S/C16H17N7O/c24-12-7-6-11(20-12)8-17-16-22-14-13(18-9-19-14)15(23-16)21-10-4-2-1-3-5-10/h1-5,9,11H,6-8H2,(H,20,24)(H3,17,18,19,21,22,23)/t11-/m1/s1. The van der Waals surface area contributed by atoms with Crippen LogP contribution in [0.1, 0.15) is 12.8 Å². The summed E-state index contributed by atoms with van der Waals surface area (Å²) in [7, 11) is 0. The number of imidazole rings is 1. The lowest BCUT2D eigenvalue weighted by Crippen LogP contribution is -2.32. The maximum absolute atomic E-state index is 11.3. The normalized spacial score (nSPS) is 17.0. The van der Waals surface area contributed by atoms with E-state index in [4.69, 9.17) is 0 Å². The fourth-order valence-corrected chi connectivity index (χ4v) is 2.71. The van der Waals surface area contributed by atoms with Crippen molar-refractivity contribution in [2.24, 2.45) is 0 Å². The van der Waals surface area contributed by atoms with Crippen LogP contribution >= 0.6 is 0 Å². The molecule has 0 radical (unpaired) electrons. The topological polar surface area (TPSA) is 108 Å². The molecule has 1 aliphatic rings. The summed E-state index contributed by atoms with van der Waals surface area (Å²) in [5.41, 5.74) is 2.26. The number of rotatable bonds is 5. The number of anilines is 3. The van der Waals surface area contributed by atoms with Crippen molar-refractivity contribution in [3.8, 4) is 0 Å². The van der Waals surface area contributed by atoms with Crippen molar-refractivity contribution in [1.29, 1.82) is 0 Å². The van der Waals surface area contributed by atoms with E-state index in [1.807, 2.05) is 30.3 Å². The smallest absolute Gasteiger partial charge is 0.226 e. The van der Waals surface area contributed by atoms with E-state index >= 15 is 0 Å². The molecule has 8 heteroatoms. The monoisotopic (exact) mass is 323 g/mol. The van der Waals surface area contributed by atoms with E-state index in [2.05, 4.69) is 35.9 Å². The van der Waals surface area contributed by atoms with Gasteiger partial charge in [-0.15, -0.1) is 0 Å². The van der Waals surface area contributed by atoms with Crippen molar-refractivity contribution >= 4 is 34.5 Å². The average Bonchev–Trinajstić information content (AvgIpc) is 3.23. The SMILES string of the molecule is O=C1CC[C@H](CNc2nc(Nc3ccccc3)c3[nH]cnc3n2)N1. The fraction of sp³-hybridized carbons (Fsp3) is 0.250. The van der Waals surface area contributed by atoms with Gasteiger partial charge in [0.05, 0.1) is 6.33 Å². The highest BCUT2D eigenvalue weighted by Crippen LogP contribution is 2.22. The van der Waals surface area contributed by atoms with Crippen LogP contribution in [0.4, 0.5) is 17.5 Å². The molecule has 8 nitrogen and oxygen atoms in total. The molecule has 1 aliphatic heterocycles. The van der Waals surface area contributed by atoms with E-state index in [9.17, 15) is 4.79 Å². The van der Waals surface area contributed by atoms with Crippen LogP contribution in [0, 0.1) is 0 Å². The first-order valence-corrected chi connectivity index (χ1v) is 7.84. The summed E-state index contributed by atoms with van der Waals surface area (Å²) in [4.78, 5) is 27.5. The molecule has 1 saturated heterocycles. The van der Waals surface area contributed by atoms with E-state index in [0.29, 0.717) is 30.4 Å². The Morgan fingerprint density at radius 2 is 2.08 bits per heavy atom. The highest BCUT2D eigenvalue weighted by atomic mass is 16.1. The molecule has 0 saturated carbocycles. The highest BCUT2D eigenvalue weighted by molar-refractivity contribution is 5.86. The molecule has 3 aromatic rings. The molecule has 1 atom stereocenters. The molecular weight excluding hydrogens is 306 g/mol. The lowest BCUT2D eigenvalue weighted by atomic mass is 10.2. The van der Waals surface area contributed by atoms with Gasteiger partial charge < -0.3 is 20.9 Å². The van der Waals surface area contributed by atoms with Crippen molar-refractivity contribution < 1.29 is 4.79 Å². The number of para-hydroxylation sites is 1. The predicted octanol–water partition coefficient (Wildman–Crippen LogP) is 1.79. The summed E-state index contributed by atoms with van der Waals surface area (Å²) in [6.07, 6.45) is 2.99. The third kappa shape index (κ3) is 2.98. The summed E-state index contributed by atoms with van der Waals surface area (Å²) < 4.78 is 0. The first kappa shape index (κ1) is 14.4. The Hall–Kier alpha value is -3.16. The van der Waals surface area contributed by atoms with Gasteiger partial charge in [0, 0.05) is 24.7 Å². The van der Waals surface area contributed by atoms with Crippen molar-refractivity contribution in [3.63, 3.8) is 0 Å². The number of aromatic nitrogens is 4. The first-order chi connectivity index (χ1) is 11.8. The van der Waals surface area contributed by atoms with Gasteiger partial charge in [0.1, 0.15) is 5.52 Å². The molecule has 1 amide bonds. The highest BCUT2D eigenvalue weighted by Gasteiger charge is 2.20. The van der Waals surface area contributed by atoms with Crippen LogP contribution in [0.25, 0.3) is 11.2 Å². The van der Waals surface area contributed by atoms with Crippen LogP contribution in [-0.4, -0.2) is 38.4 Å². The van der Waals surface area contributed by atoms with E-state index in [-0.39, 0.29) is 11.9 Å². The summed E-state index contributed by atoms with van der Waals surface area (Å²) in [6, 6.07) is 9.91. The Bertz CT molecular complexity index is 861. The van der Waals surface area contributed by atoms with Crippen LogP contribution in [0.5, 0.6) is 0 Å². The second-order valence-electron chi connectivity index (χ2n) is 5.67. The van der Waals surface area contributed by atoms with E-state index in [1.165, 1.54) is 0 Å². The molecule has 4 N–H and O–H groups in total. The quantitative estimate of drug-likeness (QED) is 0.570. The van der Waals surface area contributed by atoms with Gasteiger partial charge in [0.25, 0.3) is 0 Å². The van der Waals surface area contributed by atoms with Crippen LogP contribution in [-0.2, 0) is 4.79 Å². The van der Waals surface area contributed by atoms with Gasteiger partial charge in [-0.1, -0.05) is 18.2 Å². The van der Waals surface area contributed by atoms with Gasteiger partial charge in [-0.05, 0) is 18.6 Å². The van der Waals surface area contributed by atoms with Crippen molar-refractivity contribution in [2.75, 3.05) is 17.2 Å². The van der Waals surface area contributed by atoms with Gasteiger partial charge in [-0.25, -0.2) is 4.98 Å². The van der Waals surface area contributed by atoms with Crippen LogP contribution < -0.4 is 16.0 Å². The Morgan fingerprint density at radius 1 is 1.21 bits per heavy atom. The first-order valence-electron chi connectivity index (χ1n) is 7.84. The number of carbonyl (C=O) groups is 1. The van der Waals surface area contributed by atoms with Gasteiger partial charge >= 0.3 is 0 Å². The number of nitrogens with zero attached hydrogens (tertiary/aromatic N) is 3. The van der Waals surface area contributed by atoms with Crippen LogP contribution in [0.3, 0.4) is 0 Å². The van der Waals surface area contributed by atoms with E-state index in [1.54, 1.807) is 6.33 Å². The number of aromatic amines is 1. The number of H-pyrrole nitrogens is 1. The zero-order valence-electron chi connectivity index (χ0n) is 12.9. The molecule has 1 aromatic carbocycles. The third-order valence-electron chi connectivity index (χ3n) is 3.91. The average molecular weight is 323 g/mol.